The molecule has 3 rings (SSSR count). The van der Waals surface area contributed by atoms with E-state index >= 15 is 0 Å². The van der Waals surface area contributed by atoms with Crippen LogP contribution < -0.4 is 5.32 Å². The molecule has 20 heavy (non-hydrogen) atoms. The van der Waals surface area contributed by atoms with Gasteiger partial charge >= 0.3 is 0 Å². The van der Waals surface area contributed by atoms with Crippen molar-refractivity contribution in [3.8, 4) is 0 Å². The van der Waals surface area contributed by atoms with Crippen molar-refractivity contribution in [2.45, 2.75) is 25.4 Å². The van der Waals surface area contributed by atoms with Crippen molar-refractivity contribution in [1.29, 1.82) is 0 Å². The molecule has 0 spiro atoms. The lowest BCUT2D eigenvalue weighted by molar-refractivity contribution is 0.0169. The van der Waals surface area contributed by atoms with Crippen molar-refractivity contribution in [3.63, 3.8) is 0 Å². The Morgan fingerprint density at radius 1 is 1.40 bits per heavy atom. The molecule has 0 saturated carbocycles. The van der Waals surface area contributed by atoms with E-state index in [1.807, 2.05) is 42.1 Å². The smallest absolute Gasteiger partial charge is 0.253 e. The fourth-order valence-electron chi connectivity index (χ4n) is 2.79. The zero-order valence-corrected chi connectivity index (χ0v) is 11.8. The molecule has 0 aliphatic carbocycles. The van der Waals surface area contributed by atoms with Gasteiger partial charge in [-0.25, -0.2) is 0 Å². The van der Waals surface area contributed by atoms with Gasteiger partial charge in [-0.3, -0.25) is 4.79 Å². The van der Waals surface area contributed by atoms with E-state index in [-0.39, 0.29) is 12.0 Å². The second kappa shape index (κ2) is 5.67. The fraction of sp³-hybridized carbons (Fsp3) is 0.438. The summed E-state index contributed by atoms with van der Waals surface area (Å²) in [7, 11) is 1.96. The van der Waals surface area contributed by atoms with Crippen LogP contribution in [0.1, 0.15) is 29.6 Å². The molecule has 1 aromatic carbocycles. The molecule has 4 heteroatoms. The molecule has 1 amide bonds. The number of ether oxygens (including phenoxy) is 1. The number of rotatable bonds is 3. The Morgan fingerprint density at radius 2 is 2.25 bits per heavy atom. The molecule has 0 bridgehead atoms. The van der Waals surface area contributed by atoms with Gasteiger partial charge in [0.1, 0.15) is 0 Å². The maximum absolute atomic E-state index is 12.3. The molecular weight excluding hydrogens is 252 g/mol. The second-order valence-electron chi connectivity index (χ2n) is 5.37. The van der Waals surface area contributed by atoms with Crippen LogP contribution in [0.25, 0.3) is 10.9 Å². The van der Waals surface area contributed by atoms with E-state index in [9.17, 15) is 4.79 Å². The second-order valence-corrected chi connectivity index (χ2v) is 5.37. The summed E-state index contributed by atoms with van der Waals surface area (Å²) in [5.41, 5.74) is 1.81. The molecule has 4 nitrogen and oxygen atoms in total. The quantitative estimate of drug-likeness (QED) is 0.932. The summed E-state index contributed by atoms with van der Waals surface area (Å²) < 4.78 is 7.62. The third kappa shape index (κ3) is 2.56. The average Bonchev–Trinajstić information content (AvgIpc) is 2.84. The van der Waals surface area contributed by atoms with E-state index in [0.29, 0.717) is 6.54 Å². The van der Waals surface area contributed by atoms with Crippen LogP contribution in [-0.4, -0.2) is 29.7 Å². The Labute approximate surface area is 118 Å². The van der Waals surface area contributed by atoms with E-state index < -0.39 is 0 Å². The predicted molar refractivity (Wildman–Crippen MR) is 78.8 cm³/mol. The Hall–Kier alpha value is -1.81. The highest BCUT2D eigenvalue weighted by Gasteiger charge is 2.17. The first-order valence-electron chi connectivity index (χ1n) is 7.19. The van der Waals surface area contributed by atoms with Gasteiger partial charge < -0.3 is 14.6 Å². The summed E-state index contributed by atoms with van der Waals surface area (Å²) >= 11 is 0. The molecule has 1 N–H and O–H groups in total. The molecule has 2 heterocycles. The lowest BCUT2D eigenvalue weighted by Crippen LogP contribution is -2.35. The fourth-order valence-corrected chi connectivity index (χ4v) is 2.79. The number of aromatic nitrogens is 1. The Morgan fingerprint density at radius 3 is 3.05 bits per heavy atom. The predicted octanol–water partition coefficient (Wildman–Crippen LogP) is 2.48. The number of para-hydroxylation sites is 1. The minimum Gasteiger partial charge on any atom is -0.376 e. The topological polar surface area (TPSA) is 43.3 Å². The van der Waals surface area contributed by atoms with Crippen LogP contribution in [0.15, 0.2) is 30.5 Å². The Balaban J connectivity index is 1.72. The number of hydrogen-bond donors (Lipinski definition) is 1. The van der Waals surface area contributed by atoms with Crippen LogP contribution in [-0.2, 0) is 11.8 Å². The first kappa shape index (κ1) is 13.2. The maximum atomic E-state index is 12.3. The zero-order valence-electron chi connectivity index (χ0n) is 11.8. The van der Waals surface area contributed by atoms with Gasteiger partial charge in [-0.1, -0.05) is 18.2 Å². The van der Waals surface area contributed by atoms with Gasteiger partial charge in [-0.2, -0.15) is 0 Å². The minimum absolute atomic E-state index is 0.0176. The van der Waals surface area contributed by atoms with Gasteiger partial charge in [0.15, 0.2) is 0 Å². The zero-order chi connectivity index (χ0) is 13.9. The Kier molecular flexibility index (Phi) is 3.74. The van der Waals surface area contributed by atoms with Crippen molar-refractivity contribution >= 4 is 16.8 Å². The molecule has 2 aromatic rings. The number of nitrogens with zero attached hydrogens (tertiary/aromatic N) is 1. The molecule has 0 radical (unpaired) electrons. The van der Waals surface area contributed by atoms with Crippen LogP contribution in [0, 0.1) is 0 Å². The van der Waals surface area contributed by atoms with Crippen LogP contribution in [0.5, 0.6) is 0 Å². The number of fused-ring (bicyclic) bond motifs is 1. The first-order chi connectivity index (χ1) is 9.75. The van der Waals surface area contributed by atoms with E-state index in [1.165, 1.54) is 6.42 Å². The van der Waals surface area contributed by atoms with Crippen molar-refractivity contribution < 1.29 is 9.53 Å². The van der Waals surface area contributed by atoms with Gasteiger partial charge in [-0.15, -0.1) is 0 Å². The van der Waals surface area contributed by atoms with Gasteiger partial charge in [0.25, 0.3) is 5.91 Å². The summed E-state index contributed by atoms with van der Waals surface area (Å²) in [6.07, 6.45) is 5.42. The molecule has 1 aliphatic rings. The van der Waals surface area contributed by atoms with Crippen molar-refractivity contribution in [1.82, 2.24) is 9.88 Å². The number of hydrogen-bond acceptors (Lipinski definition) is 2. The van der Waals surface area contributed by atoms with Gasteiger partial charge in [0.05, 0.1) is 11.7 Å². The summed E-state index contributed by atoms with van der Waals surface area (Å²) in [4.78, 5) is 12.3. The van der Waals surface area contributed by atoms with Gasteiger partial charge in [0, 0.05) is 37.3 Å². The summed E-state index contributed by atoms with van der Waals surface area (Å²) in [6.45, 7) is 1.41. The molecule has 1 fully saturated rings. The summed E-state index contributed by atoms with van der Waals surface area (Å²) in [6, 6.07) is 7.96. The highest BCUT2D eigenvalue weighted by Crippen LogP contribution is 2.20. The molecule has 0 unspecified atom stereocenters. The van der Waals surface area contributed by atoms with Gasteiger partial charge in [0.2, 0.25) is 0 Å². The Bertz CT molecular complexity index is 612. The van der Waals surface area contributed by atoms with Crippen LogP contribution in [0.3, 0.4) is 0 Å². The molecule has 106 valence electrons. The summed E-state index contributed by atoms with van der Waals surface area (Å²) in [5, 5.41) is 3.99. The molecule has 1 aliphatic heterocycles. The largest absolute Gasteiger partial charge is 0.376 e. The van der Waals surface area contributed by atoms with Crippen LogP contribution in [0.4, 0.5) is 0 Å². The van der Waals surface area contributed by atoms with Crippen molar-refractivity contribution in [2.24, 2.45) is 7.05 Å². The lowest BCUT2D eigenvalue weighted by Gasteiger charge is -2.22. The molecular formula is C16H20N2O2. The molecule has 1 aromatic heterocycles. The number of benzene rings is 1. The molecule has 1 saturated heterocycles. The average molecular weight is 272 g/mol. The maximum Gasteiger partial charge on any atom is 0.253 e. The molecule has 1 atom stereocenters. The standard InChI is InChI=1S/C16H20N2O2/c1-18-11-14(13-7-2-3-8-15(13)18)16(19)17-10-12-6-4-5-9-20-12/h2-3,7-8,11-12H,4-6,9-10H2,1H3,(H,17,19)/t12-/m0/s1. The number of carbonyl (C=O) groups excluding carboxylic acids is 1. The minimum atomic E-state index is -0.0176. The van der Waals surface area contributed by atoms with E-state index in [0.717, 1.165) is 35.9 Å². The lowest BCUT2D eigenvalue weighted by atomic mass is 10.1. The first-order valence-corrected chi connectivity index (χ1v) is 7.19. The number of nitrogens with one attached hydrogen (secondary N) is 1. The number of carbonyl (C=O) groups is 1. The van der Waals surface area contributed by atoms with E-state index in [2.05, 4.69) is 5.32 Å². The normalized spacial score (nSPS) is 19.1. The van der Waals surface area contributed by atoms with E-state index in [1.54, 1.807) is 0 Å². The SMILES string of the molecule is Cn1cc(C(=O)NC[C@@H]2CCCCO2)c2ccccc21. The van der Waals surface area contributed by atoms with Crippen molar-refractivity contribution in [3.05, 3.63) is 36.0 Å². The third-order valence-corrected chi connectivity index (χ3v) is 3.91. The highest BCUT2D eigenvalue weighted by molar-refractivity contribution is 6.06. The highest BCUT2D eigenvalue weighted by atomic mass is 16.5. The van der Waals surface area contributed by atoms with E-state index in [4.69, 9.17) is 4.74 Å². The monoisotopic (exact) mass is 272 g/mol. The van der Waals surface area contributed by atoms with Gasteiger partial charge in [-0.05, 0) is 25.3 Å². The van der Waals surface area contributed by atoms with Crippen LogP contribution >= 0.6 is 0 Å². The third-order valence-electron chi connectivity index (χ3n) is 3.91. The number of aryl methyl sites for hydroxylation is 1. The van der Waals surface area contributed by atoms with Crippen LogP contribution in [0.2, 0.25) is 0 Å². The summed E-state index contributed by atoms with van der Waals surface area (Å²) in [5.74, 6) is -0.0176. The van der Waals surface area contributed by atoms with Crippen molar-refractivity contribution in [2.75, 3.05) is 13.2 Å². The number of amides is 1.